The van der Waals surface area contributed by atoms with Crippen LogP contribution in [-0.2, 0) is 9.84 Å². The van der Waals surface area contributed by atoms with Gasteiger partial charge in [0.15, 0.2) is 9.84 Å². The van der Waals surface area contributed by atoms with Gasteiger partial charge in [0.05, 0.1) is 16.7 Å². The van der Waals surface area contributed by atoms with E-state index in [0.29, 0.717) is 17.7 Å². The molecule has 1 unspecified atom stereocenters. The Bertz CT molecular complexity index is 832. The van der Waals surface area contributed by atoms with Crippen LogP contribution >= 0.6 is 11.6 Å². The van der Waals surface area contributed by atoms with Crippen molar-refractivity contribution in [1.82, 2.24) is 9.78 Å². The third-order valence-corrected chi connectivity index (χ3v) is 5.41. The Balaban J connectivity index is 2.06. The van der Waals surface area contributed by atoms with E-state index in [1.807, 2.05) is 0 Å². The number of sulfone groups is 1. The summed E-state index contributed by atoms with van der Waals surface area (Å²) >= 11 is 5.80. The molecule has 0 saturated heterocycles. The summed E-state index contributed by atoms with van der Waals surface area (Å²) in [7, 11) is -3.33. The zero-order valence-electron chi connectivity index (χ0n) is 12.4. The number of allylic oxidation sites excluding steroid dienone is 1. The molecule has 2 aromatic rings. The molecule has 0 radical (unpaired) electrons. The van der Waals surface area contributed by atoms with Gasteiger partial charge in [-0.05, 0) is 31.0 Å². The van der Waals surface area contributed by atoms with Gasteiger partial charge in [-0.3, -0.25) is 4.79 Å². The van der Waals surface area contributed by atoms with E-state index < -0.39 is 15.9 Å². The summed E-state index contributed by atoms with van der Waals surface area (Å²) < 4.78 is 25.7. The molecule has 1 atom stereocenters. The summed E-state index contributed by atoms with van der Waals surface area (Å²) in [5.41, 5.74) is -0.301. The van der Waals surface area contributed by atoms with E-state index in [0.717, 1.165) is 0 Å². The first-order valence-corrected chi connectivity index (χ1v) is 9.13. The minimum Gasteiger partial charge on any atom is -0.268 e. The van der Waals surface area contributed by atoms with Crippen LogP contribution in [0.2, 0.25) is 5.15 Å². The number of aromatic nitrogens is 2. The highest BCUT2D eigenvalue weighted by Crippen LogP contribution is 2.17. The maximum Gasteiger partial charge on any atom is 0.267 e. The molecule has 0 bridgehead atoms. The van der Waals surface area contributed by atoms with Crippen LogP contribution in [0.15, 0.2) is 64.8 Å². The third kappa shape index (κ3) is 4.53. The third-order valence-electron chi connectivity index (χ3n) is 3.39. The van der Waals surface area contributed by atoms with Crippen molar-refractivity contribution in [3.05, 3.63) is 70.6 Å². The zero-order valence-corrected chi connectivity index (χ0v) is 14.0. The predicted molar refractivity (Wildman–Crippen MR) is 90.5 cm³/mol. The van der Waals surface area contributed by atoms with Crippen molar-refractivity contribution >= 4 is 21.4 Å². The van der Waals surface area contributed by atoms with Gasteiger partial charge in [0.25, 0.3) is 5.56 Å². The molecule has 7 heteroatoms. The highest BCUT2D eigenvalue weighted by Gasteiger charge is 2.16. The van der Waals surface area contributed by atoms with Gasteiger partial charge in [-0.25, -0.2) is 13.1 Å². The molecule has 5 nitrogen and oxygen atoms in total. The van der Waals surface area contributed by atoms with Crippen LogP contribution < -0.4 is 5.56 Å². The Hall–Kier alpha value is -1.92. The zero-order chi connectivity index (χ0) is 16.9. The van der Waals surface area contributed by atoms with Gasteiger partial charge in [-0.2, -0.15) is 5.10 Å². The monoisotopic (exact) mass is 352 g/mol. The number of nitrogens with zero attached hydrogens (tertiary/aromatic N) is 2. The van der Waals surface area contributed by atoms with E-state index in [4.69, 9.17) is 11.6 Å². The molecule has 23 heavy (non-hydrogen) atoms. The van der Waals surface area contributed by atoms with Gasteiger partial charge >= 0.3 is 0 Å². The van der Waals surface area contributed by atoms with Crippen molar-refractivity contribution in [1.29, 1.82) is 0 Å². The molecule has 0 spiro atoms. The van der Waals surface area contributed by atoms with E-state index in [9.17, 15) is 13.2 Å². The Labute approximate surface area is 140 Å². The SMILES string of the molecule is C=CC(CCCS(=O)(=O)c1ccccc1)n1nc(Cl)ccc1=O. The normalized spacial score (nSPS) is 12.7. The summed E-state index contributed by atoms with van der Waals surface area (Å²) in [6.45, 7) is 3.69. The van der Waals surface area contributed by atoms with Crippen LogP contribution in [-0.4, -0.2) is 24.0 Å². The van der Waals surface area contributed by atoms with Crippen LogP contribution in [0.5, 0.6) is 0 Å². The second kappa shape index (κ2) is 7.57. The molecule has 0 saturated carbocycles. The molecule has 1 heterocycles. The van der Waals surface area contributed by atoms with Gasteiger partial charge in [-0.15, -0.1) is 6.58 Å². The summed E-state index contributed by atoms with van der Waals surface area (Å²) in [6.07, 6.45) is 2.39. The molecule has 0 aliphatic carbocycles. The molecule has 0 amide bonds. The Morgan fingerprint density at radius 2 is 1.91 bits per heavy atom. The Morgan fingerprint density at radius 1 is 1.22 bits per heavy atom. The lowest BCUT2D eigenvalue weighted by Crippen LogP contribution is -2.26. The maximum atomic E-state index is 12.2. The molecule has 2 rings (SSSR count). The molecular weight excluding hydrogens is 336 g/mol. The first-order valence-electron chi connectivity index (χ1n) is 7.10. The van der Waals surface area contributed by atoms with E-state index in [2.05, 4.69) is 11.7 Å². The van der Waals surface area contributed by atoms with Crippen LogP contribution in [0.25, 0.3) is 0 Å². The van der Waals surface area contributed by atoms with E-state index in [1.54, 1.807) is 36.4 Å². The molecule has 0 N–H and O–H groups in total. The fourth-order valence-electron chi connectivity index (χ4n) is 2.21. The van der Waals surface area contributed by atoms with E-state index >= 15 is 0 Å². The van der Waals surface area contributed by atoms with Crippen molar-refractivity contribution in [2.24, 2.45) is 0 Å². The van der Waals surface area contributed by atoms with Gasteiger partial charge in [0.2, 0.25) is 0 Å². The largest absolute Gasteiger partial charge is 0.268 e. The molecule has 1 aromatic heterocycles. The van der Waals surface area contributed by atoms with Crippen molar-refractivity contribution in [3.8, 4) is 0 Å². The predicted octanol–water partition coefficient (Wildman–Crippen LogP) is 2.88. The molecule has 0 aliphatic rings. The first-order chi connectivity index (χ1) is 10.9. The van der Waals surface area contributed by atoms with Gasteiger partial charge in [-0.1, -0.05) is 35.9 Å². The van der Waals surface area contributed by atoms with Gasteiger partial charge < -0.3 is 0 Å². The van der Waals surface area contributed by atoms with Crippen LogP contribution in [0, 0.1) is 0 Å². The average molecular weight is 353 g/mol. The topological polar surface area (TPSA) is 69.0 Å². The summed E-state index contributed by atoms with van der Waals surface area (Å²) in [6, 6.07) is 10.6. The number of hydrogen-bond acceptors (Lipinski definition) is 4. The number of halogens is 1. The molecular formula is C16H17ClN2O3S. The lowest BCUT2D eigenvalue weighted by Gasteiger charge is -2.14. The minimum atomic E-state index is -3.33. The van der Waals surface area contributed by atoms with Crippen molar-refractivity contribution in [2.75, 3.05) is 5.75 Å². The molecule has 1 aromatic carbocycles. The van der Waals surface area contributed by atoms with Crippen molar-refractivity contribution in [2.45, 2.75) is 23.8 Å². The summed E-state index contributed by atoms with van der Waals surface area (Å²) in [5, 5.41) is 4.17. The highest BCUT2D eigenvalue weighted by molar-refractivity contribution is 7.91. The van der Waals surface area contributed by atoms with Crippen molar-refractivity contribution < 1.29 is 8.42 Å². The second-order valence-electron chi connectivity index (χ2n) is 5.02. The maximum absolute atomic E-state index is 12.2. The molecule has 0 aliphatic heterocycles. The molecule has 122 valence electrons. The summed E-state index contributed by atoms with van der Waals surface area (Å²) in [5.74, 6) is -0.00330. The van der Waals surface area contributed by atoms with E-state index in [-0.39, 0.29) is 16.5 Å². The first kappa shape index (κ1) is 17.4. The van der Waals surface area contributed by atoms with Crippen molar-refractivity contribution in [3.63, 3.8) is 0 Å². The highest BCUT2D eigenvalue weighted by atomic mass is 35.5. The molecule has 0 fully saturated rings. The van der Waals surface area contributed by atoms with Crippen LogP contribution in [0.3, 0.4) is 0 Å². The standard InChI is InChI=1S/C16H17ClN2O3S/c1-2-13(19-16(20)11-10-15(17)18-19)7-6-12-23(21,22)14-8-4-3-5-9-14/h2-5,8-11,13H,1,6-7,12H2. The average Bonchev–Trinajstić information content (AvgIpc) is 2.55. The van der Waals surface area contributed by atoms with Crippen LogP contribution in [0.4, 0.5) is 0 Å². The fourth-order valence-corrected chi connectivity index (χ4v) is 3.71. The number of rotatable bonds is 7. The van der Waals surface area contributed by atoms with E-state index in [1.165, 1.54) is 16.8 Å². The quantitative estimate of drug-likeness (QED) is 0.718. The Kier molecular flexibility index (Phi) is 5.74. The summed E-state index contributed by atoms with van der Waals surface area (Å²) in [4.78, 5) is 12.1. The van der Waals surface area contributed by atoms with Gasteiger partial charge in [0.1, 0.15) is 5.15 Å². The lowest BCUT2D eigenvalue weighted by molar-refractivity contribution is 0.474. The van der Waals surface area contributed by atoms with Gasteiger partial charge in [0, 0.05) is 6.07 Å². The minimum absolute atomic E-state index is 0.00330. The Morgan fingerprint density at radius 3 is 2.57 bits per heavy atom. The fraction of sp³-hybridized carbons (Fsp3) is 0.250. The number of hydrogen-bond donors (Lipinski definition) is 0. The second-order valence-corrected chi connectivity index (χ2v) is 7.51. The number of benzene rings is 1. The smallest absolute Gasteiger partial charge is 0.267 e. The lowest BCUT2D eigenvalue weighted by atomic mass is 10.2. The van der Waals surface area contributed by atoms with Crippen LogP contribution in [0.1, 0.15) is 18.9 Å².